The lowest BCUT2D eigenvalue weighted by molar-refractivity contribution is -0.120. The molecule has 0 spiro atoms. The number of carbonyl (C=O) groups is 2. The Kier molecular flexibility index (Phi) is 10.6. The average Bonchev–Trinajstić information content (AvgIpc) is 3.36. The third-order valence-electron chi connectivity index (χ3n) is 9.70. The number of nitrogens with one attached hydrogen (secondary N) is 1. The van der Waals surface area contributed by atoms with Crippen molar-refractivity contribution < 1.29 is 18.0 Å². The van der Waals surface area contributed by atoms with E-state index in [1.165, 1.54) is 14.8 Å². The van der Waals surface area contributed by atoms with Crippen LogP contribution in [-0.4, -0.2) is 84.7 Å². The van der Waals surface area contributed by atoms with Gasteiger partial charge in [-0.05, 0) is 98.5 Å². The summed E-state index contributed by atoms with van der Waals surface area (Å²) >= 11 is 0. The number of nitrogens with two attached hydrogens (primary N) is 1. The van der Waals surface area contributed by atoms with Gasteiger partial charge in [-0.15, -0.1) is 12.4 Å². The fraction of sp³-hybridized carbons (Fsp3) is 0.515. The number of fused-ring (bicyclic) bond motifs is 1. The lowest BCUT2D eigenvalue weighted by atomic mass is 9.88. The fourth-order valence-electron chi connectivity index (χ4n) is 7.08. The van der Waals surface area contributed by atoms with Gasteiger partial charge >= 0.3 is 6.03 Å². The molecule has 6 rings (SSSR count). The number of nitrogens with zero attached hydrogens (tertiary/aromatic N) is 6. The van der Waals surface area contributed by atoms with E-state index in [4.69, 9.17) is 5.73 Å². The Morgan fingerprint density at radius 1 is 1.04 bits per heavy atom. The van der Waals surface area contributed by atoms with Crippen molar-refractivity contribution in [2.45, 2.75) is 62.3 Å². The van der Waals surface area contributed by atoms with E-state index in [0.717, 1.165) is 48.9 Å². The van der Waals surface area contributed by atoms with Crippen molar-refractivity contribution in [2.24, 2.45) is 18.7 Å². The summed E-state index contributed by atoms with van der Waals surface area (Å²) in [6.07, 6.45) is 4.20. The zero-order valence-electron chi connectivity index (χ0n) is 26.9. The summed E-state index contributed by atoms with van der Waals surface area (Å²) in [6.45, 7) is 6.07. The monoisotopic (exact) mass is 682 g/mol. The number of piperidine rings is 2. The van der Waals surface area contributed by atoms with Crippen molar-refractivity contribution in [3.8, 4) is 6.07 Å². The lowest BCUT2D eigenvalue weighted by Gasteiger charge is -2.34. The minimum Gasteiger partial charge on any atom is -0.328 e. The van der Waals surface area contributed by atoms with Gasteiger partial charge in [0, 0.05) is 51.1 Å². The quantitative estimate of drug-likeness (QED) is 0.366. The molecular formula is C33H43ClN8O4S. The van der Waals surface area contributed by atoms with Crippen LogP contribution < -0.4 is 16.0 Å². The van der Waals surface area contributed by atoms with Crippen LogP contribution in [0.1, 0.15) is 61.6 Å². The Labute approximate surface area is 282 Å². The number of carbonyl (C=O) groups excluding carboxylic acids is 2. The van der Waals surface area contributed by atoms with Gasteiger partial charge in [-0.3, -0.25) is 19.7 Å². The molecule has 3 fully saturated rings. The van der Waals surface area contributed by atoms with E-state index in [0.29, 0.717) is 56.2 Å². The molecule has 0 radical (unpaired) electrons. The minimum absolute atomic E-state index is 0. The number of aryl methyl sites for hydroxylation is 1. The molecule has 1 atom stereocenters. The van der Waals surface area contributed by atoms with Gasteiger partial charge in [-0.2, -0.15) is 14.7 Å². The first kappa shape index (κ1) is 34.8. The van der Waals surface area contributed by atoms with Crippen LogP contribution in [-0.2, 0) is 28.3 Å². The maximum Gasteiger partial charge on any atom is 0.329 e. The van der Waals surface area contributed by atoms with Crippen molar-refractivity contribution in [2.75, 3.05) is 44.2 Å². The highest BCUT2D eigenvalue weighted by atomic mass is 35.5. The van der Waals surface area contributed by atoms with Crippen molar-refractivity contribution >= 4 is 51.1 Å². The van der Waals surface area contributed by atoms with Crippen LogP contribution in [0.5, 0.6) is 0 Å². The molecule has 12 nitrogen and oxygen atoms in total. The number of benzene rings is 2. The number of sulfonamides is 1. The second-order valence-corrected chi connectivity index (χ2v) is 15.0. The number of hydrogen-bond donors (Lipinski definition) is 2. The van der Waals surface area contributed by atoms with Crippen molar-refractivity contribution in [1.29, 1.82) is 5.26 Å². The van der Waals surface area contributed by atoms with Crippen LogP contribution in [0.2, 0.25) is 0 Å². The summed E-state index contributed by atoms with van der Waals surface area (Å²) in [6, 6.07) is 13.1. The topological polar surface area (TPSA) is 158 Å². The molecule has 3 amide bonds. The molecule has 3 aliphatic rings. The van der Waals surface area contributed by atoms with Crippen LogP contribution in [0, 0.1) is 17.2 Å². The summed E-state index contributed by atoms with van der Waals surface area (Å²) in [4.78, 5) is 28.3. The van der Waals surface area contributed by atoms with Gasteiger partial charge in [0.05, 0.1) is 22.0 Å². The van der Waals surface area contributed by atoms with Gasteiger partial charge in [-0.25, -0.2) is 13.2 Å². The fourth-order valence-corrected chi connectivity index (χ4v) is 8.60. The molecule has 3 N–H and O–H groups in total. The maximum absolute atomic E-state index is 13.3. The molecule has 0 bridgehead atoms. The second-order valence-electron chi connectivity index (χ2n) is 13.0. The van der Waals surface area contributed by atoms with E-state index in [-0.39, 0.29) is 41.6 Å². The van der Waals surface area contributed by atoms with Gasteiger partial charge in [0.1, 0.15) is 0 Å². The molecule has 3 aliphatic heterocycles. The number of imide groups is 1. The van der Waals surface area contributed by atoms with E-state index in [1.807, 2.05) is 13.1 Å². The normalized spacial score (nSPS) is 19.7. The average molecular weight is 683 g/mol. The Morgan fingerprint density at radius 3 is 2.45 bits per heavy atom. The zero-order valence-corrected chi connectivity index (χ0v) is 28.5. The SMILES string of the molecule is CC(Cc1cc(S(=O)(=O)N2CCC(N)CC2)ccc1C#N)CN1CCC(c2ccc3c(N4CCC(=O)NC4=O)nn(C)c3c2)CC1.Cl. The molecule has 1 aromatic heterocycles. The summed E-state index contributed by atoms with van der Waals surface area (Å²) in [7, 11) is -1.76. The molecule has 252 valence electrons. The molecule has 2 aromatic carbocycles. The van der Waals surface area contributed by atoms with E-state index in [9.17, 15) is 23.3 Å². The van der Waals surface area contributed by atoms with Gasteiger partial charge in [0.25, 0.3) is 0 Å². The highest BCUT2D eigenvalue weighted by molar-refractivity contribution is 7.89. The number of aromatic nitrogens is 2. The Bertz CT molecular complexity index is 1790. The van der Waals surface area contributed by atoms with E-state index in [1.54, 1.807) is 22.9 Å². The van der Waals surface area contributed by atoms with Gasteiger partial charge in [-0.1, -0.05) is 13.0 Å². The smallest absolute Gasteiger partial charge is 0.328 e. The number of amides is 3. The highest BCUT2D eigenvalue weighted by Gasteiger charge is 2.30. The summed E-state index contributed by atoms with van der Waals surface area (Å²) < 4.78 is 30.0. The van der Waals surface area contributed by atoms with Gasteiger partial charge < -0.3 is 10.6 Å². The van der Waals surface area contributed by atoms with E-state index >= 15 is 0 Å². The summed E-state index contributed by atoms with van der Waals surface area (Å²) in [5, 5.41) is 17.6. The first-order chi connectivity index (χ1) is 22.0. The minimum atomic E-state index is -3.63. The number of halogens is 1. The maximum atomic E-state index is 13.3. The molecular weight excluding hydrogens is 640 g/mol. The van der Waals surface area contributed by atoms with E-state index in [2.05, 4.69) is 40.4 Å². The van der Waals surface area contributed by atoms with Crippen molar-refractivity contribution in [1.82, 2.24) is 24.3 Å². The van der Waals surface area contributed by atoms with Crippen LogP contribution in [0.3, 0.4) is 0 Å². The number of likely N-dealkylation sites (tertiary alicyclic amines) is 1. The van der Waals surface area contributed by atoms with Gasteiger partial charge in [0.2, 0.25) is 15.9 Å². The van der Waals surface area contributed by atoms with Crippen molar-refractivity contribution in [3.05, 3.63) is 53.1 Å². The number of urea groups is 1. The van der Waals surface area contributed by atoms with Crippen LogP contribution in [0.4, 0.5) is 10.6 Å². The predicted molar refractivity (Wildman–Crippen MR) is 182 cm³/mol. The van der Waals surface area contributed by atoms with Crippen molar-refractivity contribution in [3.63, 3.8) is 0 Å². The number of nitriles is 1. The molecule has 3 aromatic rings. The third-order valence-corrected chi connectivity index (χ3v) is 11.6. The van der Waals surface area contributed by atoms with Gasteiger partial charge in [0.15, 0.2) is 5.82 Å². The zero-order chi connectivity index (χ0) is 32.6. The lowest BCUT2D eigenvalue weighted by Crippen LogP contribution is -2.49. The number of hydrogen-bond acceptors (Lipinski definition) is 8. The van der Waals surface area contributed by atoms with Crippen LogP contribution >= 0.6 is 12.4 Å². The number of rotatable bonds is 8. The molecule has 0 aliphatic carbocycles. The predicted octanol–water partition coefficient (Wildman–Crippen LogP) is 3.48. The second kappa shape index (κ2) is 14.3. The molecule has 4 heterocycles. The van der Waals surface area contributed by atoms with E-state index < -0.39 is 16.1 Å². The Hall–Kier alpha value is -3.54. The molecule has 3 saturated heterocycles. The van der Waals surface area contributed by atoms with Crippen LogP contribution in [0.25, 0.3) is 10.9 Å². The molecule has 14 heteroatoms. The first-order valence-corrected chi connectivity index (χ1v) is 17.6. The molecule has 47 heavy (non-hydrogen) atoms. The Balaban J connectivity index is 0.00000433. The number of anilines is 1. The standard InChI is InChI=1S/C33H42N8O4S.ClH/c1-22(17-26-18-28(5-3-25(26)20-34)46(44,45)40-14-9-27(35)10-15-40)21-39-12-7-23(8-13-39)24-4-6-29-30(19-24)38(2)37-32(29)41-16-11-31(42)36-33(41)43;/h3-6,18-19,22-23,27H,7-17,21,35H2,1-2H3,(H,36,42,43);1H. The highest BCUT2D eigenvalue weighted by Crippen LogP contribution is 2.34. The summed E-state index contributed by atoms with van der Waals surface area (Å²) in [5.41, 5.74) is 9.48. The molecule has 1 unspecified atom stereocenters. The Morgan fingerprint density at radius 2 is 1.77 bits per heavy atom. The van der Waals surface area contributed by atoms with Crippen LogP contribution in [0.15, 0.2) is 41.3 Å². The third kappa shape index (κ3) is 7.32. The largest absolute Gasteiger partial charge is 0.329 e. The molecule has 0 saturated carbocycles. The first-order valence-electron chi connectivity index (χ1n) is 16.1. The summed E-state index contributed by atoms with van der Waals surface area (Å²) in [5.74, 6) is 0.940.